The van der Waals surface area contributed by atoms with E-state index in [1.165, 1.54) is 31.4 Å². The van der Waals surface area contributed by atoms with Crippen molar-refractivity contribution < 1.29 is 33.8 Å². The molecule has 2 aromatic carbocycles. The molecule has 0 aromatic heterocycles. The highest BCUT2D eigenvalue weighted by atomic mass is 28.4. The van der Waals surface area contributed by atoms with Gasteiger partial charge in [-0.2, -0.15) is 0 Å². The maximum atomic E-state index is 13.5. The van der Waals surface area contributed by atoms with Gasteiger partial charge in [0.2, 0.25) is 5.78 Å². The summed E-state index contributed by atoms with van der Waals surface area (Å²) in [6.45, 7) is 8.26. The van der Waals surface area contributed by atoms with Crippen LogP contribution in [0.25, 0.3) is 6.08 Å². The lowest BCUT2D eigenvalue weighted by atomic mass is 9.71. The summed E-state index contributed by atoms with van der Waals surface area (Å²) in [4.78, 5) is 40.1. The van der Waals surface area contributed by atoms with E-state index >= 15 is 0 Å². The van der Waals surface area contributed by atoms with E-state index in [1.54, 1.807) is 12.2 Å². The zero-order chi connectivity index (χ0) is 26.4. The molecule has 36 heavy (non-hydrogen) atoms. The van der Waals surface area contributed by atoms with Gasteiger partial charge < -0.3 is 19.4 Å². The second-order valence-electron chi connectivity index (χ2n) is 9.45. The second kappa shape index (κ2) is 9.33. The summed E-state index contributed by atoms with van der Waals surface area (Å²) in [6, 6.07) is 8.43. The molecule has 0 aliphatic heterocycles. The molecule has 0 radical (unpaired) electrons. The quantitative estimate of drug-likeness (QED) is 0.328. The number of methoxy groups -OCH3 is 1. The van der Waals surface area contributed by atoms with Gasteiger partial charge in [-0.3, -0.25) is 14.4 Å². The molecule has 2 atom stereocenters. The lowest BCUT2D eigenvalue weighted by molar-refractivity contribution is -0.147. The van der Waals surface area contributed by atoms with E-state index in [9.17, 15) is 24.6 Å². The van der Waals surface area contributed by atoms with Gasteiger partial charge in [-0.05, 0) is 42.2 Å². The molecule has 2 aromatic rings. The number of hydrogen-bond acceptors (Lipinski definition) is 7. The summed E-state index contributed by atoms with van der Waals surface area (Å²) in [5, 5.41) is 21.6. The molecule has 4 rings (SSSR count). The van der Waals surface area contributed by atoms with Gasteiger partial charge in [-0.1, -0.05) is 52.0 Å². The molecule has 7 nitrogen and oxygen atoms in total. The van der Waals surface area contributed by atoms with E-state index in [0.717, 1.165) is 18.1 Å². The minimum absolute atomic E-state index is 0.00598. The largest absolute Gasteiger partial charge is 0.507 e. The smallest absolute Gasteiger partial charge is 0.316 e. The Kier molecular flexibility index (Phi) is 6.70. The number of ketones is 2. The second-order valence-corrected chi connectivity index (χ2v) is 14.1. The van der Waals surface area contributed by atoms with Crippen LogP contribution in [0, 0.1) is 0 Å². The number of carbonyl (C=O) groups is 3. The van der Waals surface area contributed by atoms with Gasteiger partial charge >= 0.3 is 5.97 Å². The van der Waals surface area contributed by atoms with Crippen LogP contribution >= 0.6 is 0 Å². The minimum Gasteiger partial charge on any atom is -0.507 e. The number of aromatic hydroxyl groups is 2. The topological polar surface area (TPSA) is 110 Å². The lowest BCUT2D eigenvalue weighted by Gasteiger charge is -2.46. The van der Waals surface area contributed by atoms with Gasteiger partial charge in [-0.25, -0.2) is 0 Å². The van der Waals surface area contributed by atoms with Crippen LogP contribution in [0.4, 0.5) is 0 Å². The van der Waals surface area contributed by atoms with Gasteiger partial charge in [0.15, 0.2) is 14.1 Å². The number of ether oxygens (including phenoxy) is 1. The molecule has 2 aliphatic rings. The van der Waals surface area contributed by atoms with Crippen LogP contribution in [0.5, 0.6) is 11.5 Å². The molecule has 0 fully saturated rings. The van der Waals surface area contributed by atoms with Gasteiger partial charge in [0.1, 0.15) is 17.4 Å². The van der Waals surface area contributed by atoms with Crippen LogP contribution in [0.3, 0.4) is 0 Å². The van der Waals surface area contributed by atoms with Crippen molar-refractivity contribution in [3.63, 3.8) is 0 Å². The Hall–Kier alpha value is -3.23. The molecule has 0 spiro atoms. The highest BCUT2D eigenvalue weighted by molar-refractivity contribution is 6.73. The summed E-state index contributed by atoms with van der Waals surface area (Å²) >= 11 is 0. The van der Waals surface area contributed by atoms with Gasteiger partial charge in [0.25, 0.3) is 0 Å². The molecule has 190 valence electrons. The standard InChI is InChI=1S/C28H32O7Si/c1-6-28(35-36(7-2,8-3)9-4)14-13-16-18(23(28)27(33)34-5)15-19-22(25(16)31)26(32)21-17(24(19)30)11-10-12-20(21)29/h10-15,23,29,31H,6-9H2,1-5H3/t23-,28-/m0/s1. The number of esters is 1. The van der Waals surface area contributed by atoms with Crippen molar-refractivity contribution in [2.24, 2.45) is 0 Å². The molecule has 0 saturated heterocycles. The number of rotatable bonds is 7. The van der Waals surface area contributed by atoms with Gasteiger partial charge in [-0.15, -0.1) is 0 Å². The summed E-state index contributed by atoms with van der Waals surface area (Å²) in [7, 11) is -0.908. The Bertz CT molecular complexity index is 1280. The Labute approximate surface area is 211 Å². The van der Waals surface area contributed by atoms with Crippen LogP contribution in [0.15, 0.2) is 30.3 Å². The van der Waals surface area contributed by atoms with E-state index in [0.29, 0.717) is 12.0 Å². The fourth-order valence-corrected chi connectivity index (χ4v) is 8.72. The molecule has 2 aliphatic carbocycles. The van der Waals surface area contributed by atoms with Crippen molar-refractivity contribution in [2.45, 2.75) is 63.8 Å². The Morgan fingerprint density at radius 3 is 2.25 bits per heavy atom. The number of fused-ring (bicyclic) bond motifs is 3. The molecule has 0 amide bonds. The fraction of sp³-hybridized carbons (Fsp3) is 0.393. The molecular weight excluding hydrogens is 476 g/mol. The first kappa shape index (κ1) is 25.8. The molecule has 0 heterocycles. The van der Waals surface area contributed by atoms with Crippen LogP contribution < -0.4 is 0 Å². The van der Waals surface area contributed by atoms with Crippen LogP contribution in [0.2, 0.25) is 18.1 Å². The maximum Gasteiger partial charge on any atom is 0.316 e. The predicted octanol–water partition coefficient (Wildman–Crippen LogP) is 5.33. The Morgan fingerprint density at radius 2 is 1.67 bits per heavy atom. The van der Waals surface area contributed by atoms with E-state index in [2.05, 4.69) is 20.8 Å². The van der Waals surface area contributed by atoms with Crippen molar-refractivity contribution in [2.75, 3.05) is 7.11 Å². The number of benzene rings is 2. The predicted molar refractivity (Wildman–Crippen MR) is 138 cm³/mol. The van der Waals surface area contributed by atoms with Gasteiger partial charge in [0.05, 0.1) is 23.8 Å². The summed E-state index contributed by atoms with van der Waals surface area (Å²) in [6.07, 6.45) is 3.94. The first-order chi connectivity index (χ1) is 17.1. The van der Waals surface area contributed by atoms with Crippen molar-refractivity contribution in [3.8, 4) is 11.5 Å². The third-order valence-electron chi connectivity index (χ3n) is 8.02. The van der Waals surface area contributed by atoms with Crippen LogP contribution in [-0.4, -0.2) is 48.8 Å². The summed E-state index contributed by atoms with van der Waals surface area (Å²) in [5.74, 6) is -3.34. The van der Waals surface area contributed by atoms with Crippen LogP contribution in [-0.2, 0) is 14.0 Å². The number of carbonyl (C=O) groups excluding carboxylic acids is 3. The average Bonchev–Trinajstić information content (AvgIpc) is 2.89. The van der Waals surface area contributed by atoms with Crippen LogP contribution in [0.1, 0.15) is 83.0 Å². The van der Waals surface area contributed by atoms with E-state index in [-0.39, 0.29) is 33.6 Å². The molecule has 8 heteroatoms. The first-order valence-electron chi connectivity index (χ1n) is 12.4. The molecule has 2 N–H and O–H groups in total. The highest BCUT2D eigenvalue weighted by Crippen LogP contribution is 2.50. The lowest BCUT2D eigenvalue weighted by Crippen LogP contribution is -2.52. The van der Waals surface area contributed by atoms with Crippen molar-refractivity contribution in [1.82, 2.24) is 0 Å². The molecule has 0 unspecified atom stereocenters. The number of phenols is 2. The summed E-state index contributed by atoms with van der Waals surface area (Å²) < 4.78 is 12.2. The van der Waals surface area contributed by atoms with E-state index in [4.69, 9.17) is 9.16 Å². The number of phenolic OH excluding ortho intramolecular Hbond substituents is 2. The third kappa shape index (κ3) is 3.62. The normalized spacial score (nSPS) is 20.5. The van der Waals surface area contributed by atoms with E-state index < -0.39 is 43.1 Å². The zero-order valence-electron chi connectivity index (χ0n) is 21.3. The first-order valence-corrected chi connectivity index (χ1v) is 15.0. The molecule has 0 saturated carbocycles. The SMILES string of the molecule is CC[C@]1(O[Si](CC)(CC)CC)C=Cc2c(cc3c(c2O)C(=O)c2c(O)cccc2C3=O)[C@H]1C(=O)OC. The average molecular weight is 509 g/mol. The van der Waals surface area contributed by atoms with Gasteiger partial charge in [0, 0.05) is 16.7 Å². The van der Waals surface area contributed by atoms with Crippen molar-refractivity contribution in [1.29, 1.82) is 0 Å². The zero-order valence-corrected chi connectivity index (χ0v) is 22.3. The highest BCUT2D eigenvalue weighted by Gasteiger charge is 2.51. The third-order valence-corrected chi connectivity index (χ3v) is 12.7. The Morgan fingerprint density at radius 1 is 1.00 bits per heavy atom. The number of hydrogen-bond donors (Lipinski definition) is 2. The summed E-state index contributed by atoms with van der Waals surface area (Å²) in [5.41, 5.74) is -0.621. The molecule has 0 bridgehead atoms. The van der Waals surface area contributed by atoms with E-state index in [1.807, 2.05) is 6.92 Å². The monoisotopic (exact) mass is 508 g/mol. The maximum absolute atomic E-state index is 13.5. The Balaban J connectivity index is 1.98. The van der Waals surface area contributed by atoms with Crippen molar-refractivity contribution in [3.05, 3.63) is 63.7 Å². The minimum atomic E-state index is -2.21. The fourth-order valence-electron chi connectivity index (χ4n) is 5.65. The van der Waals surface area contributed by atoms with Crippen molar-refractivity contribution >= 4 is 31.9 Å². The molecular formula is C28H32O7Si.